The van der Waals surface area contributed by atoms with E-state index in [1.54, 1.807) is 17.8 Å². The normalized spacial score (nSPS) is 11.0. The van der Waals surface area contributed by atoms with Crippen LogP contribution in [0.15, 0.2) is 44.8 Å². The average molecular weight is 530 g/mol. The van der Waals surface area contributed by atoms with Gasteiger partial charge < -0.3 is 20.4 Å². The van der Waals surface area contributed by atoms with E-state index in [-0.39, 0.29) is 29.9 Å². The van der Waals surface area contributed by atoms with Gasteiger partial charge in [0.15, 0.2) is 11.7 Å². The second-order valence-corrected chi connectivity index (χ2v) is 7.33. The third-order valence-corrected chi connectivity index (χ3v) is 5.01. The summed E-state index contributed by atoms with van der Waals surface area (Å²) in [6, 6.07) is 8.24. The lowest BCUT2D eigenvalue weighted by Gasteiger charge is -2.12. The fourth-order valence-corrected chi connectivity index (χ4v) is 3.37. The summed E-state index contributed by atoms with van der Waals surface area (Å²) in [5.41, 5.74) is 3.32. The SMILES string of the molecule is CCNC(=NCc1ccc(C)cc1SC)NCCCNC(=O)c1occc1C.I. The van der Waals surface area contributed by atoms with Crippen LogP contribution in [0.25, 0.3) is 0 Å². The Balaban J connectivity index is 0.00000420. The Hall–Kier alpha value is -1.68. The van der Waals surface area contributed by atoms with Crippen LogP contribution in [0.2, 0.25) is 0 Å². The zero-order valence-electron chi connectivity index (χ0n) is 17.5. The Morgan fingerprint density at radius 2 is 1.90 bits per heavy atom. The van der Waals surface area contributed by atoms with Crippen LogP contribution in [0.3, 0.4) is 0 Å². The Labute approximate surface area is 194 Å². The van der Waals surface area contributed by atoms with Crippen LogP contribution in [-0.4, -0.2) is 37.8 Å². The van der Waals surface area contributed by atoms with Crippen LogP contribution >= 0.6 is 35.7 Å². The molecule has 8 heteroatoms. The fraction of sp³-hybridized carbons (Fsp3) is 0.429. The molecule has 1 aromatic carbocycles. The van der Waals surface area contributed by atoms with Crippen molar-refractivity contribution in [1.82, 2.24) is 16.0 Å². The van der Waals surface area contributed by atoms with Gasteiger partial charge in [-0.3, -0.25) is 4.79 Å². The molecule has 6 nitrogen and oxygen atoms in total. The summed E-state index contributed by atoms with van der Waals surface area (Å²) >= 11 is 1.74. The van der Waals surface area contributed by atoms with E-state index in [1.165, 1.54) is 22.3 Å². The minimum absolute atomic E-state index is 0. The first-order chi connectivity index (χ1) is 13.5. The number of carbonyl (C=O) groups is 1. The molecule has 0 bridgehead atoms. The first-order valence-corrected chi connectivity index (χ1v) is 10.8. The minimum atomic E-state index is -0.174. The molecule has 1 aromatic heterocycles. The maximum absolute atomic E-state index is 12.0. The molecule has 160 valence electrons. The number of carbonyl (C=O) groups excluding carboxylic acids is 1. The number of furan rings is 1. The lowest BCUT2D eigenvalue weighted by Crippen LogP contribution is -2.38. The predicted octanol–water partition coefficient (Wildman–Crippen LogP) is 4.11. The Morgan fingerprint density at radius 1 is 1.14 bits per heavy atom. The van der Waals surface area contributed by atoms with Gasteiger partial charge in [-0.1, -0.05) is 12.1 Å². The lowest BCUT2D eigenvalue weighted by molar-refractivity contribution is 0.0925. The van der Waals surface area contributed by atoms with Crippen LogP contribution in [0, 0.1) is 13.8 Å². The van der Waals surface area contributed by atoms with Gasteiger partial charge in [0.2, 0.25) is 0 Å². The fourth-order valence-electron chi connectivity index (χ4n) is 2.67. The molecule has 0 aliphatic heterocycles. The van der Waals surface area contributed by atoms with E-state index in [9.17, 15) is 4.79 Å². The highest BCUT2D eigenvalue weighted by Crippen LogP contribution is 2.22. The highest BCUT2D eigenvalue weighted by atomic mass is 127. The summed E-state index contributed by atoms with van der Waals surface area (Å²) in [7, 11) is 0. The van der Waals surface area contributed by atoms with Crippen LogP contribution in [0.5, 0.6) is 0 Å². The van der Waals surface area contributed by atoms with Crippen molar-refractivity contribution in [1.29, 1.82) is 0 Å². The maximum atomic E-state index is 12.0. The third kappa shape index (κ3) is 8.30. The summed E-state index contributed by atoms with van der Waals surface area (Å²) in [5, 5.41) is 9.45. The van der Waals surface area contributed by atoms with E-state index in [4.69, 9.17) is 4.42 Å². The van der Waals surface area contributed by atoms with E-state index in [2.05, 4.69) is 52.3 Å². The van der Waals surface area contributed by atoms with Crippen LogP contribution in [-0.2, 0) is 6.54 Å². The van der Waals surface area contributed by atoms with Gasteiger partial charge >= 0.3 is 0 Å². The van der Waals surface area contributed by atoms with Crippen molar-refractivity contribution in [3.63, 3.8) is 0 Å². The zero-order chi connectivity index (χ0) is 20.4. The van der Waals surface area contributed by atoms with Crippen molar-refractivity contribution in [2.75, 3.05) is 25.9 Å². The van der Waals surface area contributed by atoms with Gasteiger partial charge in [0.25, 0.3) is 5.91 Å². The number of thioether (sulfide) groups is 1. The van der Waals surface area contributed by atoms with E-state index in [0.717, 1.165) is 24.5 Å². The van der Waals surface area contributed by atoms with E-state index in [1.807, 2.05) is 13.8 Å². The number of aliphatic imine (C=N–C) groups is 1. The summed E-state index contributed by atoms with van der Waals surface area (Å²) in [5.74, 6) is 0.987. The quantitative estimate of drug-likeness (QED) is 0.150. The van der Waals surface area contributed by atoms with Crippen LogP contribution < -0.4 is 16.0 Å². The second-order valence-electron chi connectivity index (χ2n) is 6.48. The molecule has 0 aliphatic rings. The van der Waals surface area contributed by atoms with Crippen molar-refractivity contribution in [3.8, 4) is 0 Å². The smallest absolute Gasteiger partial charge is 0.287 e. The number of aryl methyl sites for hydroxylation is 2. The number of hydrogen-bond donors (Lipinski definition) is 3. The summed E-state index contributed by atoms with van der Waals surface area (Å²) < 4.78 is 5.19. The molecule has 2 rings (SSSR count). The molecule has 1 heterocycles. The average Bonchev–Trinajstić information content (AvgIpc) is 3.12. The molecule has 0 unspecified atom stereocenters. The number of nitrogens with one attached hydrogen (secondary N) is 3. The van der Waals surface area contributed by atoms with Crippen molar-refractivity contribution in [2.24, 2.45) is 4.99 Å². The van der Waals surface area contributed by atoms with Gasteiger partial charge in [-0.25, -0.2) is 4.99 Å². The standard InChI is InChI=1S/C21H30N4O2S.HI/c1-5-22-21(25-14-17-8-7-15(2)13-18(17)28-4)24-11-6-10-23-20(26)19-16(3)9-12-27-19;/h7-9,12-13H,5-6,10-11,14H2,1-4H3,(H,23,26)(H2,22,24,25);1H. The molecule has 0 spiro atoms. The molecule has 0 atom stereocenters. The lowest BCUT2D eigenvalue weighted by atomic mass is 10.1. The summed E-state index contributed by atoms with van der Waals surface area (Å²) in [4.78, 5) is 18.0. The molecule has 1 amide bonds. The Kier molecular flexibility index (Phi) is 11.8. The topological polar surface area (TPSA) is 78.7 Å². The van der Waals surface area contributed by atoms with Gasteiger partial charge in [-0.2, -0.15) is 0 Å². The highest BCUT2D eigenvalue weighted by molar-refractivity contribution is 14.0. The number of amides is 1. The molecule has 2 aromatic rings. The third-order valence-electron chi connectivity index (χ3n) is 4.19. The largest absolute Gasteiger partial charge is 0.459 e. The highest BCUT2D eigenvalue weighted by Gasteiger charge is 2.11. The molecular weight excluding hydrogens is 499 g/mol. The molecule has 0 radical (unpaired) electrons. The Morgan fingerprint density at radius 3 is 2.55 bits per heavy atom. The van der Waals surface area contributed by atoms with Crippen molar-refractivity contribution in [2.45, 2.75) is 38.6 Å². The van der Waals surface area contributed by atoms with Gasteiger partial charge in [-0.15, -0.1) is 35.7 Å². The number of guanidine groups is 1. The minimum Gasteiger partial charge on any atom is -0.459 e. The molecule has 0 aliphatic carbocycles. The number of hydrogen-bond acceptors (Lipinski definition) is 4. The zero-order valence-corrected chi connectivity index (χ0v) is 20.6. The summed E-state index contributed by atoms with van der Waals surface area (Å²) in [6.07, 6.45) is 4.40. The van der Waals surface area contributed by atoms with Gasteiger partial charge in [-0.05, 0) is 56.7 Å². The van der Waals surface area contributed by atoms with Crippen molar-refractivity contribution in [3.05, 3.63) is 53.0 Å². The van der Waals surface area contributed by atoms with Gasteiger partial charge in [0, 0.05) is 30.1 Å². The molecule has 0 fully saturated rings. The van der Waals surface area contributed by atoms with Crippen LogP contribution in [0.4, 0.5) is 0 Å². The molecule has 0 saturated heterocycles. The monoisotopic (exact) mass is 530 g/mol. The van der Waals surface area contributed by atoms with Crippen LogP contribution in [0.1, 0.15) is 40.6 Å². The first-order valence-electron chi connectivity index (χ1n) is 9.53. The predicted molar refractivity (Wildman–Crippen MR) is 132 cm³/mol. The molecule has 0 saturated carbocycles. The van der Waals surface area contributed by atoms with Crippen molar-refractivity contribution < 1.29 is 9.21 Å². The number of nitrogens with zero attached hydrogens (tertiary/aromatic N) is 1. The summed E-state index contributed by atoms with van der Waals surface area (Å²) in [6.45, 7) is 8.71. The maximum Gasteiger partial charge on any atom is 0.287 e. The van der Waals surface area contributed by atoms with E-state index in [0.29, 0.717) is 25.4 Å². The molecule has 29 heavy (non-hydrogen) atoms. The van der Waals surface area contributed by atoms with Crippen molar-refractivity contribution >= 4 is 47.6 Å². The number of halogens is 1. The van der Waals surface area contributed by atoms with Gasteiger partial charge in [0.05, 0.1) is 12.8 Å². The van der Waals surface area contributed by atoms with Gasteiger partial charge in [0.1, 0.15) is 0 Å². The van der Waals surface area contributed by atoms with E-state index < -0.39 is 0 Å². The molecular formula is C21H31IN4O2S. The first kappa shape index (κ1) is 25.4. The number of rotatable bonds is 9. The van der Waals surface area contributed by atoms with E-state index >= 15 is 0 Å². The second kappa shape index (κ2) is 13.5. The molecule has 3 N–H and O–H groups in total. The Bertz CT molecular complexity index is 808. The number of benzene rings is 1.